The Morgan fingerprint density at radius 2 is 2.00 bits per heavy atom. The second-order valence-corrected chi connectivity index (χ2v) is 5.71. The lowest BCUT2D eigenvalue weighted by atomic mass is 9.98. The van der Waals surface area contributed by atoms with Crippen LogP contribution in [0.2, 0.25) is 0 Å². The van der Waals surface area contributed by atoms with Crippen LogP contribution in [-0.2, 0) is 6.54 Å². The van der Waals surface area contributed by atoms with E-state index < -0.39 is 0 Å². The van der Waals surface area contributed by atoms with Crippen molar-refractivity contribution in [2.75, 3.05) is 19.7 Å². The van der Waals surface area contributed by atoms with Crippen LogP contribution in [0.1, 0.15) is 30.3 Å². The van der Waals surface area contributed by atoms with E-state index in [2.05, 4.69) is 25.0 Å². The van der Waals surface area contributed by atoms with E-state index in [9.17, 15) is 0 Å². The molecule has 0 aromatic carbocycles. The zero-order valence-corrected chi connectivity index (χ0v) is 13.0. The maximum atomic E-state index is 5.80. The number of nitrogens with zero attached hydrogens (tertiary/aromatic N) is 5. The molecule has 0 spiro atoms. The fourth-order valence-electron chi connectivity index (χ4n) is 2.64. The normalized spacial score (nSPS) is 16.8. The zero-order chi connectivity index (χ0) is 15.4. The van der Waals surface area contributed by atoms with E-state index in [1.54, 1.807) is 12.4 Å². The molecule has 7 nitrogen and oxygen atoms in total. The minimum atomic E-state index is 0.557. The molecule has 118 valence electrons. The highest BCUT2D eigenvalue weighted by Gasteiger charge is 2.21. The van der Waals surface area contributed by atoms with Gasteiger partial charge < -0.3 is 9.26 Å². The molecule has 0 N–H and O–H groups in total. The molecule has 0 amide bonds. The minimum absolute atomic E-state index is 0.557. The Morgan fingerprint density at radius 1 is 1.23 bits per heavy atom. The summed E-state index contributed by atoms with van der Waals surface area (Å²) in [6, 6.07) is 0. The number of piperidine rings is 1. The molecule has 0 saturated carbocycles. The van der Waals surface area contributed by atoms with Crippen molar-refractivity contribution in [2.24, 2.45) is 5.92 Å². The Hall–Kier alpha value is -2.02. The SMILES string of the molecule is Cc1noc(CN2CCC(COc3nccnc3C)CC2)n1. The van der Waals surface area contributed by atoms with Crippen LogP contribution in [0.5, 0.6) is 5.88 Å². The summed E-state index contributed by atoms with van der Waals surface area (Å²) in [7, 11) is 0. The predicted molar refractivity (Wildman–Crippen MR) is 79.3 cm³/mol. The highest BCUT2D eigenvalue weighted by Crippen LogP contribution is 2.20. The Balaban J connectivity index is 1.43. The van der Waals surface area contributed by atoms with Gasteiger partial charge in [0.25, 0.3) is 0 Å². The summed E-state index contributed by atoms with van der Waals surface area (Å²) in [5.41, 5.74) is 0.840. The van der Waals surface area contributed by atoms with Crippen molar-refractivity contribution in [1.82, 2.24) is 25.0 Å². The van der Waals surface area contributed by atoms with Gasteiger partial charge in [-0.1, -0.05) is 5.16 Å². The van der Waals surface area contributed by atoms with Crippen molar-refractivity contribution in [3.8, 4) is 5.88 Å². The van der Waals surface area contributed by atoms with Crippen molar-refractivity contribution in [3.63, 3.8) is 0 Å². The van der Waals surface area contributed by atoms with E-state index in [-0.39, 0.29) is 0 Å². The van der Waals surface area contributed by atoms with Crippen molar-refractivity contribution < 1.29 is 9.26 Å². The first-order valence-electron chi connectivity index (χ1n) is 7.62. The Kier molecular flexibility index (Phi) is 4.62. The summed E-state index contributed by atoms with van der Waals surface area (Å²) in [5, 5.41) is 3.82. The molecule has 1 fully saturated rings. The molecule has 0 bridgehead atoms. The van der Waals surface area contributed by atoms with Crippen molar-refractivity contribution >= 4 is 0 Å². The van der Waals surface area contributed by atoms with Gasteiger partial charge in [-0.3, -0.25) is 9.88 Å². The van der Waals surface area contributed by atoms with Gasteiger partial charge in [0.15, 0.2) is 5.82 Å². The van der Waals surface area contributed by atoms with Crippen LogP contribution in [0.3, 0.4) is 0 Å². The van der Waals surface area contributed by atoms with E-state index in [0.29, 0.717) is 30.1 Å². The van der Waals surface area contributed by atoms with E-state index in [4.69, 9.17) is 9.26 Å². The van der Waals surface area contributed by atoms with Gasteiger partial charge >= 0.3 is 0 Å². The number of aromatic nitrogens is 4. The average molecular weight is 303 g/mol. The monoisotopic (exact) mass is 303 g/mol. The van der Waals surface area contributed by atoms with Gasteiger partial charge in [-0.15, -0.1) is 0 Å². The fraction of sp³-hybridized carbons (Fsp3) is 0.600. The van der Waals surface area contributed by atoms with Gasteiger partial charge in [-0.05, 0) is 45.7 Å². The smallest absolute Gasteiger partial charge is 0.240 e. The molecule has 1 saturated heterocycles. The van der Waals surface area contributed by atoms with Crippen LogP contribution in [0.15, 0.2) is 16.9 Å². The second kappa shape index (κ2) is 6.83. The Labute approximate surface area is 129 Å². The lowest BCUT2D eigenvalue weighted by Crippen LogP contribution is -2.35. The third-order valence-electron chi connectivity index (χ3n) is 3.93. The molecule has 2 aromatic rings. The summed E-state index contributed by atoms with van der Waals surface area (Å²) in [6.07, 6.45) is 5.55. The molecule has 7 heteroatoms. The van der Waals surface area contributed by atoms with Crippen LogP contribution in [-0.4, -0.2) is 44.7 Å². The first-order chi connectivity index (χ1) is 10.7. The lowest BCUT2D eigenvalue weighted by Gasteiger charge is -2.30. The molecule has 0 unspecified atom stereocenters. The number of hydrogen-bond donors (Lipinski definition) is 0. The predicted octanol–water partition coefficient (Wildman–Crippen LogP) is 1.77. The molecule has 0 atom stereocenters. The Morgan fingerprint density at radius 3 is 2.68 bits per heavy atom. The summed E-state index contributed by atoms with van der Waals surface area (Å²) in [4.78, 5) is 15.0. The van der Waals surface area contributed by atoms with Gasteiger partial charge in [0.1, 0.15) is 0 Å². The summed E-state index contributed by atoms with van der Waals surface area (Å²) in [6.45, 7) is 7.23. The molecule has 0 aliphatic carbocycles. The van der Waals surface area contributed by atoms with Crippen LogP contribution in [0.25, 0.3) is 0 Å². The minimum Gasteiger partial charge on any atom is -0.476 e. The fourth-order valence-corrected chi connectivity index (χ4v) is 2.64. The number of aryl methyl sites for hydroxylation is 2. The quantitative estimate of drug-likeness (QED) is 0.833. The van der Waals surface area contributed by atoms with E-state index >= 15 is 0 Å². The van der Waals surface area contributed by atoms with E-state index in [1.807, 2.05) is 13.8 Å². The molecule has 22 heavy (non-hydrogen) atoms. The van der Waals surface area contributed by atoms with E-state index in [1.165, 1.54) is 0 Å². The molecular formula is C15H21N5O2. The van der Waals surface area contributed by atoms with Gasteiger partial charge in [0.05, 0.1) is 18.8 Å². The standard InChI is InChI=1S/C15H21N5O2/c1-11-15(17-6-5-16-11)21-10-13-3-7-20(8-4-13)9-14-18-12(2)19-22-14/h5-6,13H,3-4,7-10H2,1-2H3. The molecule has 2 aromatic heterocycles. The van der Waals surface area contributed by atoms with Gasteiger partial charge in [0.2, 0.25) is 11.8 Å². The summed E-state index contributed by atoms with van der Waals surface area (Å²) in [5.74, 6) is 2.59. The largest absolute Gasteiger partial charge is 0.476 e. The first-order valence-corrected chi connectivity index (χ1v) is 7.62. The average Bonchev–Trinajstić information content (AvgIpc) is 2.93. The van der Waals surface area contributed by atoms with E-state index in [0.717, 1.165) is 38.2 Å². The van der Waals surface area contributed by atoms with Gasteiger partial charge in [-0.25, -0.2) is 4.98 Å². The van der Waals surface area contributed by atoms with Crippen molar-refractivity contribution in [2.45, 2.75) is 33.2 Å². The molecule has 0 radical (unpaired) electrons. The van der Waals surface area contributed by atoms with Crippen LogP contribution < -0.4 is 4.74 Å². The second-order valence-electron chi connectivity index (χ2n) is 5.71. The highest BCUT2D eigenvalue weighted by atomic mass is 16.5. The molecule has 3 heterocycles. The molecule has 1 aliphatic heterocycles. The highest BCUT2D eigenvalue weighted by molar-refractivity contribution is 5.14. The summed E-state index contributed by atoms with van der Waals surface area (Å²) >= 11 is 0. The zero-order valence-electron chi connectivity index (χ0n) is 13.0. The number of ether oxygens (including phenoxy) is 1. The van der Waals surface area contributed by atoms with Gasteiger partial charge in [0, 0.05) is 12.4 Å². The maximum absolute atomic E-state index is 5.80. The van der Waals surface area contributed by atoms with Crippen molar-refractivity contribution in [3.05, 3.63) is 29.8 Å². The summed E-state index contributed by atoms with van der Waals surface area (Å²) < 4.78 is 11.0. The maximum Gasteiger partial charge on any atom is 0.240 e. The topological polar surface area (TPSA) is 77.2 Å². The molecular weight excluding hydrogens is 282 g/mol. The van der Waals surface area contributed by atoms with Crippen LogP contribution in [0, 0.1) is 19.8 Å². The van der Waals surface area contributed by atoms with Crippen LogP contribution in [0.4, 0.5) is 0 Å². The number of rotatable bonds is 5. The van der Waals surface area contributed by atoms with Gasteiger partial charge in [-0.2, -0.15) is 4.98 Å². The number of hydrogen-bond acceptors (Lipinski definition) is 7. The third kappa shape index (κ3) is 3.79. The lowest BCUT2D eigenvalue weighted by molar-refractivity contribution is 0.124. The third-order valence-corrected chi connectivity index (χ3v) is 3.93. The molecule has 1 aliphatic rings. The van der Waals surface area contributed by atoms with Crippen molar-refractivity contribution in [1.29, 1.82) is 0 Å². The first kappa shape index (κ1) is 14.9. The molecule has 3 rings (SSSR count). The van der Waals surface area contributed by atoms with Crippen LogP contribution >= 0.6 is 0 Å². The Bertz CT molecular complexity index is 607. The number of likely N-dealkylation sites (tertiary alicyclic amines) is 1.